The van der Waals surface area contributed by atoms with Crippen molar-refractivity contribution in [2.75, 3.05) is 0 Å². The van der Waals surface area contributed by atoms with Crippen molar-refractivity contribution in [1.82, 2.24) is 0 Å². The molecule has 4 nitrogen and oxygen atoms in total. The Labute approximate surface area is 63.2 Å². The Bertz CT molecular complexity index is 129. The van der Waals surface area contributed by atoms with E-state index in [0.29, 0.717) is 0 Å². The number of halogens is 1. The van der Waals surface area contributed by atoms with Gasteiger partial charge in [-0.05, 0) is 6.92 Å². The molecule has 0 amide bonds. The second kappa shape index (κ2) is 3.02. The van der Waals surface area contributed by atoms with Crippen LogP contribution in [-0.4, -0.2) is 46.1 Å². The van der Waals surface area contributed by atoms with Crippen LogP contribution in [0.4, 0.5) is 4.39 Å². The molecule has 0 radical (unpaired) electrons. The van der Waals surface area contributed by atoms with Crippen LogP contribution in [0.2, 0.25) is 0 Å². The van der Waals surface area contributed by atoms with Gasteiger partial charge >= 0.3 is 0 Å². The Morgan fingerprint density at radius 1 is 1.18 bits per heavy atom. The molecule has 0 bridgehead atoms. The minimum atomic E-state index is -1.84. The summed E-state index contributed by atoms with van der Waals surface area (Å²) >= 11 is 0. The molecule has 66 valence electrons. The smallest absolute Gasteiger partial charge is 0.184 e. The van der Waals surface area contributed by atoms with Crippen molar-refractivity contribution in [2.45, 2.75) is 37.7 Å². The van der Waals surface area contributed by atoms with Crippen molar-refractivity contribution in [2.24, 2.45) is 0 Å². The van der Waals surface area contributed by atoms with E-state index in [0.717, 1.165) is 0 Å². The number of rotatable bonds is 0. The van der Waals surface area contributed by atoms with E-state index < -0.39 is 30.8 Å². The molecule has 0 aromatic heterocycles. The Balaban J connectivity index is 2.63. The van der Waals surface area contributed by atoms with E-state index in [-0.39, 0.29) is 0 Å². The minimum absolute atomic E-state index is 0.789. The summed E-state index contributed by atoms with van der Waals surface area (Å²) in [6, 6.07) is 0. The fourth-order valence-corrected chi connectivity index (χ4v) is 0.999. The topological polar surface area (TPSA) is 69.9 Å². The molecule has 1 aliphatic rings. The maximum absolute atomic E-state index is 12.7. The lowest BCUT2D eigenvalue weighted by molar-refractivity contribution is -0.265. The summed E-state index contributed by atoms with van der Waals surface area (Å²) in [6.45, 7) is 1.42. The molecule has 1 unspecified atom stereocenters. The quantitative estimate of drug-likeness (QED) is 0.422. The molecule has 0 spiro atoms. The van der Waals surface area contributed by atoms with Gasteiger partial charge < -0.3 is 20.1 Å². The molecule has 0 aromatic carbocycles. The van der Waals surface area contributed by atoms with Gasteiger partial charge in [-0.2, -0.15) is 0 Å². The predicted molar refractivity (Wildman–Crippen MR) is 33.5 cm³/mol. The van der Waals surface area contributed by atoms with Gasteiger partial charge in [-0.1, -0.05) is 0 Å². The van der Waals surface area contributed by atoms with E-state index in [2.05, 4.69) is 4.74 Å². The molecule has 11 heavy (non-hydrogen) atoms. The first kappa shape index (κ1) is 8.86. The molecule has 1 rings (SSSR count). The van der Waals surface area contributed by atoms with Crippen LogP contribution in [0.1, 0.15) is 6.92 Å². The van der Waals surface area contributed by atoms with Crippen molar-refractivity contribution >= 4 is 0 Å². The molecule has 3 N–H and O–H groups in total. The third-order valence-corrected chi connectivity index (χ3v) is 1.78. The molecule has 1 heterocycles. The third-order valence-electron chi connectivity index (χ3n) is 1.78. The summed E-state index contributed by atoms with van der Waals surface area (Å²) in [5, 5.41) is 26.6. The molecular weight excluding hydrogens is 155 g/mol. The standard InChI is InChI=1S/C6H11FO4/c1-2-4(8)3(7)5(9)6(10)11-2/h2-6,8-10H,1H3/t2-,3+,4-,5+,6?/m0/s1. The van der Waals surface area contributed by atoms with E-state index in [1.165, 1.54) is 6.92 Å². The Hall–Kier alpha value is -0.230. The van der Waals surface area contributed by atoms with Crippen LogP contribution in [-0.2, 0) is 4.74 Å². The van der Waals surface area contributed by atoms with E-state index in [1.807, 2.05) is 0 Å². The zero-order valence-corrected chi connectivity index (χ0v) is 6.01. The van der Waals surface area contributed by atoms with Crippen LogP contribution >= 0.6 is 0 Å². The Morgan fingerprint density at radius 3 is 2.27 bits per heavy atom. The van der Waals surface area contributed by atoms with Gasteiger partial charge in [0, 0.05) is 0 Å². The van der Waals surface area contributed by atoms with Crippen LogP contribution in [0.5, 0.6) is 0 Å². The molecule has 1 fully saturated rings. The number of alkyl halides is 1. The van der Waals surface area contributed by atoms with Crippen molar-refractivity contribution < 1.29 is 24.4 Å². The van der Waals surface area contributed by atoms with Crippen molar-refractivity contribution in [3.05, 3.63) is 0 Å². The summed E-state index contributed by atoms with van der Waals surface area (Å²) in [7, 11) is 0. The van der Waals surface area contributed by atoms with Crippen LogP contribution in [0.25, 0.3) is 0 Å². The predicted octanol–water partition coefficient (Wildman–Crippen LogP) is -1.22. The number of ether oxygens (including phenoxy) is 1. The Morgan fingerprint density at radius 2 is 1.73 bits per heavy atom. The fourth-order valence-electron chi connectivity index (χ4n) is 0.999. The first-order chi connectivity index (χ1) is 5.04. The van der Waals surface area contributed by atoms with Gasteiger partial charge in [0.2, 0.25) is 0 Å². The van der Waals surface area contributed by atoms with Gasteiger partial charge in [0.05, 0.1) is 6.10 Å². The van der Waals surface area contributed by atoms with Crippen molar-refractivity contribution in [3.63, 3.8) is 0 Å². The highest BCUT2D eigenvalue weighted by molar-refractivity contribution is 4.86. The van der Waals surface area contributed by atoms with E-state index in [9.17, 15) is 4.39 Å². The highest BCUT2D eigenvalue weighted by Crippen LogP contribution is 2.21. The lowest BCUT2D eigenvalue weighted by Crippen LogP contribution is -2.54. The van der Waals surface area contributed by atoms with Gasteiger partial charge in [-0.3, -0.25) is 0 Å². The number of aliphatic hydroxyl groups excluding tert-OH is 3. The zero-order valence-electron chi connectivity index (χ0n) is 6.01. The molecule has 0 saturated carbocycles. The van der Waals surface area contributed by atoms with E-state index in [4.69, 9.17) is 15.3 Å². The molecule has 0 aromatic rings. The first-order valence-corrected chi connectivity index (χ1v) is 3.37. The van der Waals surface area contributed by atoms with Gasteiger partial charge in [0.25, 0.3) is 0 Å². The van der Waals surface area contributed by atoms with Crippen LogP contribution < -0.4 is 0 Å². The molecule has 1 saturated heterocycles. The Kier molecular flexibility index (Phi) is 2.43. The lowest BCUT2D eigenvalue weighted by Gasteiger charge is -2.35. The number of hydrogen-bond donors (Lipinski definition) is 3. The highest BCUT2D eigenvalue weighted by atomic mass is 19.1. The summed E-state index contributed by atoms with van der Waals surface area (Å²) in [6.07, 6.45) is -7.19. The minimum Gasteiger partial charge on any atom is -0.387 e. The molecular formula is C6H11FO4. The summed E-state index contributed by atoms with van der Waals surface area (Å²) in [5.74, 6) is 0. The summed E-state index contributed by atoms with van der Waals surface area (Å²) < 4.78 is 17.3. The zero-order chi connectivity index (χ0) is 8.59. The molecule has 5 atom stereocenters. The fraction of sp³-hybridized carbons (Fsp3) is 1.00. The van der Waals surface area contributed by atoms with Crippen LogP contribution in [0.3, 0.4) is 0 Å². The average Bonchev–Trinajstić information content (AvgIpc) is 1.97. The normalized spacial score (nSPS) is 52.6. The second-order valence-corrected chi connectivity index (χ2v) is 2.66. The summed E-state index contributed by atoms with van der Waals surface area (Å²) in [4.78, 5) is 0. The first-order valence-electron chi connectivity index (χ1n) is 3.37. The largest absolute Gasteiger partial charge is 0.387 e. The molecule has 5 heteroatoms. The van der Waals surface area contributed by atoms with Gasteiger partial charge in [-0.15, -0.1) is 0 Å². The van der Waals surface area contributed by atoms with Gasteiger partial charge in [-0.25, -0.2) is 4.39 Å². The van der Waals surface area contributed by atoms with Gasteiger partial charge in [0.1, 0.15) is 12.2 Å². The maximum Gasteiger partial charge on any atom is 0.184 e. The SMILES string of the molecule is C[C@@H]1OC(O)[C@H](O)[C@H](F)[C@H]1O. The summed E-state index contributed by atoms with van der Waals surface area (Å²) in [5.41, 5.74) is 0. The van der Waals surface area contributed by atoms with Gasteiger partial charge in [0.15, 0.2) is 12.5 Å². The number of aliphatic hydroxyl groups is 3. The molecule has 1 aliphatic heterocycles. The lowest BCUT2D eigenvalue weighted by atomic mass is 10.0. The van der Waals surface area contributed by atoms with E-state index in [1.54, 1.807) is 0 Å². The van der Waals surface area contributed by atoms with Crippen LogP contribution in [0.15, 0.2) is 0 Å². The maximum atomic E-state index is 12.7. The molecule has 0 aliphatic carbocycles. The monoisotopic (exact) mass is 166 g/mol. The van der Waals surface area contributed by atoms with Crippen molar-refractivity contribution in [1.29, 1.82) is 0 Å². The third kappa shape index (κ3) is 1.51. The number of hydrogen-bond acceptors (Lipinski definition) is 4. The van der Waals surface area contributed by atoms with Crippen LogP contribution in [0, 0.1) is 0 Å². The highest BCUT2D eigenvalue weighted by Gasteiger charge is 2.42. The average molecular weight is 166 g/mol. The second-order valence-electron chi connectivity index (χ2n) is 2.66. The van der Waals surface area contributed by atoms with E-state index >= 15 is 0 Å². The van der Waals surface area contributed by atoms with Crippen molar-refractivity contribution in [3.8, 4) is 0 Å².